The largest absolute Gasteiger partial charge is 0.350 e. The van der Waals surface area contributed by atoms with Crippen molar-refractivity contribution in [3.8, 4) is 0 Å². The van der Waals surface area contributed by atoms with Crippen LogP contribution in [0.4, 0.5) is 0 Å². The third-order valence-electron chi connectivity index (χ3n) is 8.34. The smallest absolute Gasteiger partial charge is 0.251 e. The van der Waals surface area contributed by atoms with Crippen LogP contribution in [0.1, 0.15) is 74.2 Å². The summed E-state index contributed by atoms with van der Waals surface area (Å²) in [5, 5.41) is 7.44. The normalized spacial score (nSPS) is 23.3. The van der Waals surface area contributed by atoms with Crippen LogP contribution in [-0.2, 0) is 4.79 Å². The van der Waals surface area contributed by atoms with Crippen LogP contribution in [-0.4, -0.2) is 72.5 Å². The van der Waals surface area contributed by atoms with Crippen molar-refractivity contribution < 1.29 is 9.59 Å². The minimum absolute atomic E-state index is 0.00810. The van der Waals surface area contributed by atoms with Crippen LogP contribution in [0.25, 0.3) is 0 Å². The van der Waals surface area contributed by atoms with Crippen LogP contribution in [0.3, 0.4) is 0 Å². The SMILES string of the molecule is CCC(CN1CC[C@@H](CNC(=O)c2ccc(Cl)c(Cl)c2)N[C@@H](CCN2CCCC[C@@H]2C)C1=O)c1ccccc1. The second-order valence-corrected chi connectivity index (χ2v) is 11.8. The second kappa shape index (κ2) is 14.5. The van der Waals surface area contributed by atoms with Gasteiger partial charge in [0.05, 0.1) is 16.1 Å². The molecule has 2 aliphatic rings. The van der Waals surface area contributed by atoms with Gasteiger partial charge >= 0.3 is 0 Å². The van der Waals surface area contributed by atoms with E-state index < -0.39 is 0 Å². The maximum absolute atomic E-state index is 13.9. The molecule has 8 heteroatoms. The quantitative estimate of drug-likeness (QED) is 0.381. The number of nitrogens with zero attached hydrogens (tertiary/aromatic N) is 2. The average molecular weight is 574 g/mol. The molecule has 6 nitrogen and oxygen atoms in total. The van der Waals surface area contributed by atoms with Gasteiger partial charge in [-0.25, -0.2) is 0 Å². The summed E-state index contributed by atoms with van der Waals surface area (Å²) in [6.07, 6.45) is 6.23. The fourth-order valence-corrected chi connectivity index (χ4v) is 6.13. The van der Waals surface area contributed by atoms with Crippen LogP contribution in [0, 0.1) is 0 Å². The monoisotopic (exact) mass is 572 g/mol. The first-order valence-electron chi connectivity index (χ1n) is 14.4. The molecule has 0 aliphatic carbocycles. The van der Waals surface area contributed by atoms with E-state index in [0.717, 1.165) is 32.4 Å². The number of carbonyl (C=O) groups excluding carboxylic acids is 2. The summed E-state index contributed by atoms with van der Waals surface area (Å²) in [4.78, 5) is 31.3. The van der Waals surface area contributed by atoms with E-state index in [1.807, 2.05) is 6.07 Å². The van der Waals surface area contributed by atoms with Crippen molar-refractivity contribution in [2.24, 2.45) is 0 Å². The molecule has 0 aromatic heterocycles. The molecule has 2 heterocycles. The Labute approximate surface area is 243 Å². The molecule has 0 saturated carbocycles. The Balaban J connectivity index is 1.44. The van der Waals surface area contributed by atoms with E-state index in [0.29, 0.717) is 47.2 Å². The van der Waals surface area contributed by atoms with Gasteiger partial charge in [-0.15, -0.1) is 0 Å². The zero-order chi connectivity index (χ0) is 27.8. The number of nitrogens with one attached hydrogen (secondary N) is 2. The van der Waals surface area contributed by atoms with E-state index >= 15 is 0 Å². The molecular formula is C31H42Cl2N4O2. The lowest BCUT2D eigenvalue weighted by atomic mass is 9.95. The molecule has 39 heavy (non-hydrogen) atoms. The summed E-state index contributed by atoms with van der Waals surface area (Å²) in [6.45, 7) is 8.29. The zero-order valence-corrected chi connectivity index (χ0v) is 24.7. The Bertz CT molecular complexity index is 1100. The summed E-state index contributed by atoms with van der Waals surface area (Å²) in [6, 6.07) is 15.6. The highest BCUT2D eigenvalue weighted by atomic mass is 35.5. The molecule has 0 bridgehead atoms. The van der Waals surface area contributed by atoms with E-state index in [1.54, 1.807) is 18.2 Å². The summed E-state index contributed by atoms with van der Waals surface area (Å²) in [7, 11) is 0. The zero-order valence-electron chi connectivity index (χ0n) is 23.2. The molecule has 2 fully saturated rings. The number of halogens is 2. The molecule has 2 N–H and O–H groups in total. The maximum Gasteiger partial charge on any atom is 0.251 e. The standard InChI is InChI=1S/C31H42Cl2N4O2/c1-3-23(24-10-5-4-6-11-24)21-37-17-14-26(20-34-30(38)25-12-13-27(32)28(33)19-25)35-29(31(37)39)15-18-36-16-8-7-9-22(36)2/h4-6,10-13,19,22-23,26,29,35H,3,7-9,14-18,20-21H2,1-2H3,(H,34,38)/t22-,23?,26-,29-/m0/s1. The number of amides is 2. The average Bonchev–Trinajstić information content (AvgIpc) is 3.10. The minimum Gasteiger partial charge on any atom is -0.350 e. The Morgan fingerprint density at radius 3 is 2.59 bits per heavy atom. The first kappa shape index (κ1) is 29.9. The van der Waals surface area contributed by atoms with Crippen molar-refractivity contribution in [2.45, 2.75) is 76.4 Å². The first-order valence-corrected chi connectivity index (χ1v) is 15.2. The van der Waals surface area contributed by atoms with E-state index in [2.05, 4.69) is 58.5 Å². The number of hydrogen-bond acceptors (Lipinski definition) is 4. The van der Waals surface area contributed by atoms with Crippen molar-refractivity contribution in [3.63, 3.8) is 0 Å². The number of piperidine rings is 1. The van der Waals surface area contributed by atoms with Crippen molar-refractivity contribution >= 4 is 35.0 Å². The Morgan fingerprint density at radius 2 is 1.87 bits per heavy atom. The number of rotatable bonds is 10. The van der Waals surface area contributed by atoms with Gasteiger partial charge < -0.3 is 20.4 Å². The predicted octanol–water partition coefficient (Wildman–Crippen LogP) is 5.74. The van der Waals surface area contributed by atoms with Gasteiger partial charge in [0.25, 0.3) is 5.91 Å². The van der Waals surface area contributed by atoms with Gasteiger partial charge in [-0.05, 0) is 69.3 Å². The Hall–Kier alpha value is -2.12. The Morgan fingerprint density at radius 1 is 1.08 bits per heavy atom. The number of hydrogen-bond donors (Lipinski definition) is 2. The third kappa shape index (κ3) is 8.20. The topological polar surface area (TPSA) is 64.7 Å². The lowest BCUT2D eigenvalue weighted by Crippen LogP contribution is -2.51. The molecule has 2 saturated heterocycles. The van der Waals surface area contributed by atoms with E-state index in [4.69, 9.17) is 23.2 Å². The van der Waals surface area contributed by atoms with Gasteiger partial charge in [-0.2, -0.15) is 0 Å². The molecule has 2 amide bonds. The van der Waals surface area contributed by atoms with E-state index in [9.17, 15) is 9.59 Å². The fourth-order valence-electron chi connectivity index (χ4n) is 5.83. The van der Waals surface area contributed by atoms with Gasteiger partial charge in [0, 0.05) is 49.7 Å². The number of carbonyl (C=O) groups is 2. The van der Waals surface area contributed by atoms with Crippen LogP contribution < -0.4 is 10.6 Å². The van der Waals surface area contributed by atoms with Gasteiger partial charge in [0.2, 0.25) is 5.91 Å². The lowest BCUT2D eigenvalue weighted by molar-refractivity contribution is -0.133. The second-order valence-electron chi connectivity index (χ2n) is 11.0. The molecule has 212 valence electrons. The van der Waals surface area contributed by atoms with Crippen molar-refractivity contribution in [1.82, 2.24) is 20.4 Å². The minimum atomic E-state index is -0.276. The molecule has 2 aromatic rings. The first-order chi connectivity index (χ1) is 18.9. The number of likely N-dealkylation sites (tertiary alicyclic amines) is 1. The Kier molecular flexibility index (Phi) is 11.1. The predicted molar refractivity (Wildman–Crippen MR) is 160 cm³/mol. The molecule has 1 unspecified atom stereocenters. The fraction of sp³-hybridized carbons (Fsp3) is 0.548. The van der Waals surface area contributed by atoms with E-state index in [-0.39, 0.29) is 23.9 Å². The molecule has 4 rings (SSSR count). The molecule has 0 spiro atoms. The molecular weight excluding hydrogens is 531 g/mol. The highest BCUT2D eigenvalue weighted by Gasteiger charge is 2.33. The molecule has 4 atom stereocenters. The van der Waals surface area contributed by atoms with Crippen molar-refractivity contribution in [1.29, 1.82) is 0 Å². The van der Waals surface area contributed by atoms with Crippen molar-refractivity contribution in [3.05, 3.63) is 69.7 Å². The summed E-state index contributed by atoms with van der Waals surface area (Å²) in [5.74, 6) is 0.271. The highest BCUT2D eigenvalue weighted by molar-refractivity contribution is 6.42. The lowest BCUT2D eigenvalue weighted by Gasteiger charge is -2.35. The maximum atomic E-state index is 13.9. The van der Waals surface area contributed by atoms with Crippen molar-refractivity contribution in [2.75, 3.05) is 32.7 Å². The van der Waals surface area contributed by atoms with Gasteiger partial charge in [0.1, 0.15) is 0 Å². The molecule has 2 aromatic carbocycles. The molecule has 2 aliphatic heterocycles. The van der Waals surface area contributed by atoms with E-state index in [1.165, 1.54) is 24.8 Å². The van der Waals surface area contributed by atoms with Crippen LogP contribution >= 0.6 is 23.2 Å². The van der Waals surface area contributed by atoms with Crippen LogP contribution in [0.15, 0.2) is 48.5 Å². The summed E-state index contributed by atoms with van der Waals surface area (Å²) in [5.41, 5.74) is 1.74. The van der Waals surface area contributed by atoms with Gasteiger partial charge in [-0.1, -0.05) is 66.9 Å². The summed E-state index contributed by atoms with van der Waals surface area (Å²) < 4.78 is 0. The van der Waals surface area contributed by atoms with Crippen LogP contribution in [0.5, 0.6) is 0 Å². The van der Waals surface area contributed by atoms with Crippen LogP contribution in [0.2, 0.25) is 10.0 Å². The third-order valence-corrected chi connectivity index (χ3v) is 9.07. The van der Waals surface area contributed by atoms with Gasteiger partial charge in [-0.3, -0.25) is 9.59 Å². The number of benzene rings is 2. The van der Waals surface area contributed by atoms with Gasteiger partial charge in [0.15, 0.2) is 0 Å². The summed E-state index contributed by atoms with van der Waals surface area (Å²) >= 11 is 12.1. The molecule has 0 radical (unpaired) electrons. The highest BCUT2D eigenvalue weighted by Crippen LogP contribution is 2.24.